The summed E-state index contributed by atoms with van der Waals surface area (Å²) in [4.78, 5) is 15.0. The van der Waals surface area contributed by atoms with E-state index in [2.05, 4.69) is 5.10 Å². The molecule has 1 amide bonds. The molecule has 1 saturated heterocycles. The van der Waals surface area contributed by atoms with Crippen molar-refractivity contribution in [2.24, 2.45) is 13.0 Å². The molecule has 1 saturated carbocycles. The molecule has 0 N–H and O–H groups in total. The fraction of sp³-hybridized carbons (Fsp3) is 0.579. The SMILES string of the molecule is Cc1occc1C(=O)N1CC[C@H](OCC2CC2)[C@H]1Cc1cnn(C)c1. The van der Waals surface area contributed by atoms with Crippen molar-refractivity contribution in [3.05, 3.63) is 41.6 Å². The van der Waals surface area contributed by atoms with Crippen LogP contribution in [-0.2, 0) is 18.2 Å². The molecule has 0 bridgehead atoms. The van der Waals surface area contributed by atoms with Gasteiger partial charge in [0, 0.05) is 26.4 Å². The highest BCUT2D eigenvalue weighted by Crippen LogP contribution is 2.32. The second kappa shape index (κ2) is 6.67. The van der Waals surface area contributed by atoms with E-state index >= 15 is 0 Å². The first-order valence-corrected chi connectivity index (χ1v) is 9.06. The van der Waals surface area contributed by atoms with Crippen LogP contribution in [0.4, 0.5) is 0 Å². The van der Waals surface area contributed by atoms with E-state index in [0.29, 0.717) is 11.3 Å². The summed E-state index contributed by atoms with van der Waals surface area (Å²) >= 11 is 0. The Hall–Kier alpha value is -2.08. The van der Waals surface area contributed by atoms with Gasteiger partial charge >= 0.3 is 0 Å². The Bertz CT molecular complexity index is 747. The predicted octanol–water partition coefficient (Wildman–Crippen LogP) is 2.57. The quantitative estimate of drug-likeness (QED) is 0.809. The van der Waals surface area contributed by atoms with Crippen LogP contribution < -0.4 is 0 Å². The van der Waals surface area contributed by atoms with Crippen molar-refractivity contribution in [1.29, 1.82) is 0 Å². The Morgan fingerprint density at radius 3 is 2.88 bits per heavy atom. The molecule has 25 heavy (non-hydrogen) atoms. The third-order valence-corrected chi connectivity index (χ3v) is 5.28. The van der Waals surface area contributed by atoms with Gasteiger partial charge in [-0.15, -0.1) is 0 Å². The fourth-order valence-electron chi connectivity index (χ4n) is 3.64. The van der Waals surface area contributed by atoms with Gasteiger partial charge in [0.1, 0.15) is 5.76 Å². The lowest BCUT2D eigenvalue weighted by atomic mass is 10.0. The van der Waals surface area contributed by atoms with Gasteiger partial charge in [-0.05, 0) is 50.2 Å². The van der Waals surface area contributed by atoms with Gasteiger partial charge in [-0.1, -0.05) is 0 Å². The number of rotatable bonds is 6. The van der Waals surface area contributed by atoms with Crippen molar-refractivity contribution in [1.82, 2.24) is 14.7 Å². The van der Waals surface area contributed by atoms with Gasteiger partial charge in [0.25, 0.3) is 5.91 Å². The third kappa shape index (κ3) is 3.49. The van der Waals surface area contributed by atoms with Crippen molar-refractivity contribution in [3.63, 3.8) is 0 Å². The monoisotopic (exact) mass is 343 g/mol. The molecule has 0 unspecified atom stereocenters. The largest absolute Gasteiger partial charge is 0.469 e. The fourth-order valence-corrected chi connectivity index (χ4v) is 3.64. The Morgan fingerprint density at radius 1 is 1.40 bits per heavy atom. The molecule has 2 atom stereocenters. The van der Waals surface area contributed by atoms with Crippen LogP contribution in [0.5, 0.6) is 0 Å². The molecular weight excluding hydrogens is 318 g/mol. The lowest BCUT2D eigenvalue weighted by Crippen LogP contribution is -2.42. The van der Waals surface area contributed by atoms with E-state index < -0.39 is 0 Å². The van der Waals surface area contributed by atoms with Crippen molar-refractivity contribution in [3.8, 4) is 0 Å². The number of aryl methyl sites for hydroxylation is 2. The van der Waals surface area contributed by atoms with Crippen molar-refractivity contribution >= 4 is 5.91 Å². The summed E-state index contributed by atoms with van der Waals surface area (Å²) in [6.07, 6.45) is 9.77. The second-order valence-corrected chi connectivity index (χ2v) is 7.29. The molecule has 3 heterocycles. The number of likely N-dealkylation sites (tertiary alicyclic amines) is 1. The normalized spacial score (nSPS) is 23.4. The van der Waals surface area contributed by atoms with Crippen LogP contribution in [0, 0.1) is 12.8 Å². The van der Waals surface area contributed by atoms with Crippen LogP contribution in [0.3, 0.4) is 0 Å². The molecule has 2 aliphatic rings. The minimum atomic E-state index is 0.0395. The average molecular weight is 343 g/mol. The van der Waals surface area contributed by atoms with Crippen molar-refractivity contribution in [2.75, 3.05) is 13.2 Å². The van der Waals surface area contributed by atoms with Gasteiger partial charge in [-0.2, -0.15) is 5.10 Å². The number of hydrogen-bond donors (Lipinski definition) is 0. The van der Waals surface area contributed by atoms with Gasteiger partial charge in [0.05, 0.1) is 30.2 Å². The van der Waals surface area contributed by atoms with Gasteiger partial charge in [0.2, 0.25) is 0 Å². The van der Waals surface area contributed by atoms with Crippen LogP contribution in [0.25, 0.3) is 0 Å². The summed E-state index contributed by atoms with van der Waals surface area (Å²) in [6, 6.07) is 1.81. The number of ether oxygens (including phenoxy) is 1. The first-order chi connectivity index (χ1) is 12.1. The van der Waals surface area contributed by atoms with Crippen LogP contribution in [0.1, 0.15) is 40.9 Å². The number of hydrogen-bond acceptors (Lipinski definition) is 4. The van der Waals surface area contributed by atoms with Crippen LogP contribution in [0.2, 0.25) is 0 Å². The summed E-state index contributed by atoms with van der Waals surface area (Å²) in [5.74, 6) is 1.44. The summed E-state index contributed by atoms with van der Waals surface area (Å²) in [5.41, 5.74) is 1.79. The Kier molecular flexibility index (Phi) is 4.37. The van der Waals surface area contributed by atoms with E-state index in [9.17, 15) is 4.79 Å². The number of carbonyl (C=O) groups is 1. The van der Waals surface area contributed by atoms with Crippen molar-refractivity contribution < 1.29 is 13.9 Å². The highest BCUT2D eigenvalue weighted by molar-refractivity contribution is 5.95. The maximum absolute atomic E-state index is 13.0. The molecule has 6 nitrogen and oxygen atoms in total. The topological polar surface area (TPSA) is 60.5 Å². The predicted molar refractivity (Wildman–Crippen MR) is 92.3 cm³/mol. The zero-order chi connectivity index (χ0) is 17.4. The van der Waals surface area contributed by atoms with E-state index in [1.54, 1.807) is 17.0 Å². The van der Waals surface area contributed by atoms with E-state index in [4.69, 9.17) is 9.15 Å². The first kappa shape index (κ1) is 16.4. The van der Waals surface area contributed by atoms with E-state index in [-0.39, 0.29) is 18.1 Å². The summed E-state index contributed by atoms with van der Waals surface area (Å²) < 4.78 is 13.3. The summed E-state index contributed by atoms with van der Waals surface area (Å²) in [5, 5.41) is 4.26. The Balaban J connectivity index is 1.53. The molecule has 1 aliphatic carbocycles. The molecule has 0 aromatic carbocycles. The maximum atomic E-state index is 13.0. The number of carbonyl (C=O) groups excluding carboxylic acids is 1. The molecule has 0 spiro atoms. The van der Waals surface area contributed by atoms with Crippen LogP contribution in [0.15, 0.2) is 29.1 Å². The van der Waals surface area contributed by atoms with Gasteiger partial charge < -0.3 is 14.1 Å². The lowest BCUT2D eigenvalue weighted by molar-refractivity contribution is 0.0199. The Labute approximate surface area is 147 Å². The minimum Gasteiger partial charge on any atom is -0.469 e. The molecule has 6 heteroatoms. The lowest BCUT2D eigenvalue weighted by Gasteiger charge is -2.28. The van der Waals surface area contributed by atoms with Crippen LogP contribution >= 0.6 is 0 Å². The molecule has 0 radical (unpaired) electrons. The first-order valence-electron chi connectivity index (χ1n) is 9.06. The Morgan fingerprint density at radius 2 is 2.24 bits per heavy atom. The molecule has 1 aliphatic heterocycles. The number of nitrogens with zero attached hydrogens (tertiary/aromatic N) is 3. The number of aromatic nitrogens is 2. The zero-order valence-corrected chi connectivity index (χ0v) is 14.9. The maximum Gasteiger partial charge on any atom is 0.257 e. The third-order valence-electron chi connectivity index (χ3n) is 5.28. The molecule has 134 valence electrons. The second-order valence-electron chi connectivity index (χ2n) is 7.29. The van der Waals surface area contributed by atoms with Gasteiger partial charge in [0.15, 0.2) is 0 Å². The van der Waals surface area contributed by atoms with Crippen LogP contribution in [-0.4, -0.2) is 45.9 Å². The highest BCUT2D eigenvalue weighted by atomic mass is 16.5. The standard InChI is InChI=1S/C19H25N3O3/c1-13-16(6-8-24-13)19(23)22-7-5-18(25-12-14-3-4-14)17(22)9-15-10-20-21(2)11-15/h6,8,10-11,14,17-18H,3-5,7,9,12H2,1-2H3/t17-,18+/m1/s1. The average Bonchev–Trinajstić information content (AvgIpc) is 2.97. The zero-order valence-electron chi connectivity index (χ0n) is 14.9. The molecule has 2 aromatic rings. The van der Waals surface area contributed by atoms with E-state index in [0.717, 1.165) is 37.5 Å². The van der Waals surface area contributed by atoms with E-state index in [1.807, 2.05) is 31.3 Å². The molecule has 2 aromatic heterocycles. The highest BCUT2D eigenvalue weighted by Gasteiger charge is 2.39. The van der Waals surface area contributed by atoms with E-state index in [1.165, 1.54) is 12.8 Å². The number of amides is 1. The van der Waals surface area contributed by atoms with Crippen molar-refractivity contribution in [2.45, 2.75) is 44.8 Å². The minimum absolute atomic E-state index is 0.0395. The molecule has 2 fully saturated rings. The van der Waals surface area contributed by atoms with Gasteiger partial charge in [-0.25, -0.2) is 0 Å². The molecular formula is C19H25N3O3. The smallest absolute Gasteiger partial charge is 0.257 e. The summed E-state index contributed by atoms with van der Waals surface area (Å²) in [6.45, 7) is 3.38. The molecule has 4 rings (SSSR count). The summed E-state index contributed by atoms with van der Waals surface area (Å²) in [7, 11) is 1.91. The number of furan rings is 1. The van der Waals surface area contributed by atoms with Gasteiger partial charge in [-0.3, -0.25) is 9.48 Å².